The van der Waals surface area contributed by atoms with Gasteiger partial charge in [0.1, 0.15) is 5.78 Å². The molecule has 2 heteroatoms. The molecule has 0 radical (unpaired) electrons. The molecule has 0 aromatic carbocycles. The van der Waals surface area contributed by atoms with E-state index in [2.05, 4.69) is 0 Å². The summed E-state index contributed by atoms with van der Waals surface area (Å²) in [6, 6.07) is 0. The van der Waals surface area contributed by atoms with Gasteiger partial charge in [0.15, 0.2) is 0 Å². The lowest BCUT2D eigenvalue weighted by atomic mass is 9.88. The van der Waals surface area contributed by atoms with Crippen molar-refractivity contribution in [1.82, 2.24) is 0 Å². The Morgan fingerprint density at radius 3 is 2.82 bits per heavy atom. The van der Waals surface area contributed by atoms with Crippen molar-refractivity contribution < 1.29 is 9.53 Å². The Labute approximate surface area is 67.9 Å². The summed E-state index contributed by atoms with van der Waals surface area (Å²) in [5.41, 5.74) is -0.256. The van der Waals surface area contributed by atoms with Crippen LogP contribution in [0.25, 0.3) is 0 Å². The van der Waals surface area contributed by atoms with Crippen LogP contribution in [0.1, 0.15) is 33.6 Å². The molecule has 1 unspecified atom stereocenters. The molecule has 0 saturated carbocycles. The molecule has 1 rings (SSSR count). The molecule has 0 amide bonds. The van der Waals surface area contributed by atoms with Gasteiger partial charge in [0, 0.05) is 18.9 Å². The summed E-state index contributed by atoms with van der Waals surface area (Å²) in [5.74, 6) is 0.387. The highest BCUT2D eigenvalue weighted by Crippen LogP contribution is 2.26. The van der Waals surface area contributed by atoms with Gasteiger partial charge in [0.25, 0.3) is 0 Å². The Morgan fingerprint density at radius 1 is 1.55 bits per heavy atom. The van der Waals surface area contributed by atoms with Crippen molar-refractivity contribution in [3.05, 3.63) is 0 Å². The molecule has 1 aliphatic heterocycles. The molecular formula is C9H16O2. The molecule has 2 nitrogen and oxygen atoms in total. The highest BCUT2D eigenvalue weighted by molar-refractivity contribution is 5.81. The maximum absolute atomic E-state index is 11.3. The molecule has 0 aromatic heterocycles. The first-order valence-corrected chi connectivity index (χ1v) is 4.21. The number of rotatable bonds is 0. The van der Waals surface area contributed by atoms with Crippen LogP contribution >= 0.6 is 0 Å². The van der Waals surface area contributed by atoms with Crippen molar-refractivity contribution in [2.75, 3.05) is 6.61 Å². The molecule has 1 fully saturated rings. The summed E-state index contributed by atoms with van der Waals surface area (Å²) in [7, 11) is 0. The minimum absolute atomic E-state index is 0.0463. The average molecular weight is 156 g/mol. The normalized spacial score (nSPS) is 31.5. The van der Waals surface area contributed by atoms with E-state index in [0.29, 0.717) is 12.2 Å². The summed E-state index contributed by atoms with van der Waals surface area (Å²) in [6.07, 6.45) is 1.57. The van der Waals surface area contributed by atoms with E-state index in [-0.39, 0.29) is 11.5 Å². The van der Waals surface area contributed by atoms with Crippen molar-refractivity contribution in [3.8, 4) is 0 Å². The van der Waals surface area contributed by atoms with Crippen LogP contribution in [0.2, 0.25) is 0 Å². The van der Waals surface area contributed by atoms with Crippen LogP contribution in [-0.4, -0.2) is 18.0 Å². The number of ether oxygens (including phenoxy) is 1. The highest BCUT2D eigenvalue weighted by Gasteiger charge is 2.33. The summed E-state index contributed by atoms with van der Waals surface area (Å²) in [5, 5.41) is 0. The van der Waals surface area contributed by atoms with Crippen molar-refractivity contribution in [2.45, 2.75) is 39.2 Å². The predicted octanol–water partition coefficient (Wildman–Crippen LogP) is 1.78. The van der Waals surface area contributed by atoms with Gasteiger partial charge >= 0.3 is 0 Å². The lowest BCUT2D eigenvalue weighted by Gasteiger charge is -2.28. The van der Waals surface area contributed by atoms with Gasteiger partial charge in [-0.05, 0) is 20.3 Å². The van der Waals surface area contributed by atoms with Crippen LogP contribution in [0.3, 0.4) is 0 Å². The third-order valence-corrected chi connectivity index (χ3v) is 2.57. The maximum Gasteiger partial charge on any atom is 0.138 e. The number of Topliss-reactive ketones (excluding diaryl/α,β-unsaturated/α-hetero) is 1. The van der Waals surface area contributed by atoms with Crippen LogP contribution in [0.15, 0.2) is 0 Å². The number of carbonyl (C=O) groups excluding carboxylic acids is 1. The second kappa shape index (κ2) is 2.94. The van der Waals surface area contributed by atoms with Gasteiger partial charge < -0.3 is 4.74 Å². The smallest absolute Gasteiger partial charge is 0.138 e. The van der Waals surface area contributed by atoms with Crippen LogP contribution in [0.5, 0.6) is 0 Å². The molecule has 0 aromatic rings. The molecule has 1 saturated heterocycles. The molecule has 1 aliphatic rings. The number of ketones is 1. The first-order chi connectivity index (χ1) is 5.04. The van der Waals surface area contributed by atoms with Gasteiger partial charge in [-0.25, -0.2) is 0 Å². The molecule has 11 heavy (non-hydrogen) atoms. The maximum atomic E-state index is 11.3. The third-order valence-electron chi connectivity index (χ3n) is 2.57. The van der Waals surface area contributed by atoms with E-state index < -0.39 is 0 Å². The fourth-order valence-electron chi connectivity index (χ4n) is 1.31. The first-order valence-electron chi connectivity index (χ1n) is 4.21. The topological polar surface area (TPSA) is 26.3 Å². The summed E-state index contributed by atoms with van der Waals surface area (Å²) in [6.45, 7) is 6.65. The SMILES string of the molecule is CC1C(=O)CCCOC1(C)C. The Balaban J connectivity index is 2.73. The van der Waals surface area contributed by atoms with Gasteiger partial charge in [-0.3, -0.25) is 4.79 Å². The van der Waals surface area contributed by atoms with Crippen molar-refractivity contribution in [2.24, 2.45) is 5.92 Å². The van der Waals surface area contributed by atoms with Gasteiger partial charge in [0.05, 0.1) is 5.60 Å². The lowest BCUT2D eigenvalue weighted by Crippen LogP contribution is -2.35. The zero-order valence-corrected chi connectivity index (χ0v) is 7.52. The zero-order valence-electron chi connectivity index (χ0n) is 7.52. The summed E-state index contributed by atoms with van der Waals surface area (Å²) >= 11 is 0. The van der Waals surface area contributed by atoms with Gasteiger partial charge in [-0.1, -0.05) is 6.92 Å². The molecular weight excluding hydrogens is 140 g/mol. The summed E-state index contributed by atoms with van der Waals surface area (Å²) < 4.78 is 5.55. The van der Waals surface area contributed by atoms with Crippen molar-refractivity contribution in [3.63, 3.8) is 0 Å². The van der Waals surface area contributed by atoms with E-state index in [9.17, 15) is 4.79 Å². The van der Waals surface area contributed by atoms with Gasteiger partial charge in [0.2, 0.25) is 0 Å². The fraction of sp³-hybridized carbons (Fsp3) is 0.889. The number of carbonyl (C=O) groups is 1. The lowest BCUT2D eigenvalue weighted by molar-refractivity contribution is -0.129. The van der Waals surface area contributed by atoms with Crippen LogP contribution < -0.4 is 0 Å². The first kappa shape index (κ1) is 8.72. The molecule has 0 N–H and O–H groups in total. The second-order valence-electron chi connectivity index (χ2n) is 3.74. The largest absolute Gasteiger partial charge is 0.375 e. The van der Waals surface area contributed by atoms with Crippen LogP contribution in [0.4, 0.5) is 0 Å². The van der Waals surface area contributed by atoms with E-state index in [0.717, 1.165) is 13.0 Å². The Morgan fingerprint density at radius 2 is 2.18 bits per heavy atom. The van der Waals surface area contributed by atoms with Crippen LogP contribution in [-0.2, 0) is 9.53 Å². The van der Waals surface area contributed by atoms with E-state index >= 15 is 0 Å². The van der Waals surface area contributed by atoms with Gasteiger partial charge in [-0.15, -0.1) is 0 Å². The molecule has 0 bridgehead atoms. The van der Waals surface area contributed by atoms with E-state index in [1.807, 2.05) is 20.8 Å². The van der Waals surface area contributed by atoms with Crippen molar-refractivity contribution in [1.29, 1.82) is 0 Å². The Bertz CT molecular complexity index is 161. The van der Waals surface area contributed by atoms with E-state index in [1.54, 1.807) is 0 Å². The minimum Gasteiger partial charge on any atom is -0.375 e. The second-order valence-corrected chi connectivity index (χ2v) is 3.74. The zero-order chi connectivity index (χ0) is 8.48. The Kier molecular flexibility index (Phi) is 2.33. The highest BCUT2D eigenvalue weighted by atomic mass is 16.5. The van der Waals surface area contributed by atoms with Crippen molar-refractivity contribution >= 4 is 5.78 Å². The fourth-order valence-corrected chi connectivity index (χ4v) is 1.31. The quantitative estimate of drug-likeness (QED) is 0.534. The molecule has 0 spiro atoms. The van der Waals surface area contributed by atoms with E-state index in [1.165, 1.54) is 0 Å². The van der Waals surface area contributed by atoms with Crippen LogP contribution in [0, 0.1) is 5.92 Å². The minimum atomic E-state index is -0.256. The average Bonchev–Trinajstić information content (AvgIpc) is 2.03. The third kappa shape index (κ3) is 1.80. The molecule has 64 valence electrons. The molecule has 0 aliphatic carbocycles. The monoisotopic (exact) mass is 156 g/mol. The number of hydrogen-bond donors (Lipinski definition) is 0. The Hall–Kier alpha value is -0.370. The van der Waals surface area contributed by atoms with E-state index in [4.69, 9.17) is 4.74 Å². The van der Waals surface area contributed by atoms with Gasteiger partial charge in [-0.2, -0.15) is 0 Å². The standard InChI is InChI=1S/C9H16O2/c1-7-8(10)5-4-6-11-9(7,2)3/h7H,4-6H2,1-3H3. The summed E-state index contributed by atoms with van der Waals surface area (Å²) in [4.78, 5) is 11.3. The predicted molar refractivity (Wildman–Crippen MR) is 43.4 cm³/mol. The molecule has 1 heterocycles. The number of hydrogen-bond acceptors (Lipinski definition) is 2. The molecule has 1 atom stereocenters.